The molecule has 0 N–H and O–H groups in total. The first-order valence-electron chi connectivity index (χ1n) is 14.9. The van der Waals surface area contributed by atoms with E-state index in [0.717, 1.165) is 55.5 Å². The third-order valence-corrected chi connectivity index (χ3v) is 7.83. The van der Waals surface area contributed by atoms with E-state index in [9.17, 15) is 27.2 Å². The van der Waals surface area contributed by atoms with E-state index in [2.05, 4.69) is 0 Å². The molecule has 6 nitrogen and oxygen atoms in total. The normalized spacial score (nSPS) is 14.1. The smallest absolute Gasteiger partial charge is 0.382 e. The maximum Gasteiger partial charge on any atom is 0.416 e. The summed E-state index contributed by atoms with van der Waals surface area (Å²) in [5, 5.41) is 0. The fourth-order valence-electron chi connectivity index (χ4n) is 5.54. The first-order chi connectivity index (χ1) is 20.7. The fraction of sp³-hybridized carbons (Fsp3) is 0.455. The van der Waals surface area contributed by atoms with Gasteiger partial charge in [0.05, 0.1) is 12.1 Å². The zero-order valence-corrected chi connectivity index (χ0v) is 24.5. The SMILES string of the molecule is CCOCCCN(CC(=O)N(Cc1cccn1Cc1ccc(F)cc1)C1CCCCC1)C(=O)c1cccc(C(F)(F)F)c1. The minimum absolute atomic E-state index is 0.00986. The second-order valence-electron chi connectivity index (χ2n) is 10.9. The molecular weight excluding hydrogens is 562 g/mol. The number of rotatable bonds is 13. The predicted octanol–water partition coefficient (Wildman–Crippen LogP) is 6.92. The number of hydrogen-bond donors (Lipinski definition) is 0. The van der Waals surface area contributed by atoms with Gasteiger partial charge < -0.3 is 19.1 Å². The van der Waals surface area contributed by atoms with Crippen LogP contribution in [0.25, 0.3) is 0 Å². The first-order valence-corrected chi connectivity index (χ1v) is 14.9. The molecule has 0 bridgehead atoms. The minimum atomic E-state index is -4.59. The highest BCUT2D eigenvalue weighted by Crippen LogP contribution is 2.30. The Bertz CT molecular complexity index is 1330. The molecular formula is C33H39F4N3O3. The molecule has 0 saturated heterocycles. The number of benzene rings is 2. The number of carbonyl (C=O) groups is 2. The van der Waals surface area contributed by atoms with Crippen molar-refractivity contribution in [3.8, 4) is 0 Å². The van der Waals surface area contributed by atoms with Crippen molar-refractivity contribution >= 4 is 11.8 Å². The molecule has 3 aromatic rings. The van der Waals surface area contributed by atoms with Crippen molar-refractivity contribution in [2.75, 3.05) is 26.3 Å². The lowest BCUT2D eigenvalue weighted by atomic mass is 9.94. The average molecular weight is 602 g/mol. The number of aromatic nitrogens is 1. The average Bonchev–Trinajstić information content (AvgIpc) is 3.44. The molecule has 1 heterocycles. The summed E-state index contributed by atoms with van der Waals surface area (Å²) in [4.78, 5) is 30.7. The molecule has 0 radical (unpaired) electrons. The number of alkyl halides is 3. The van der Waals surface area contributed by atoms with Gasteiger partial charge in [-0.1, -0.05) is 37.5 Å². The van der Waals surface area contributed by atoms with Crippen molar-refractivity contribution in [2.45, 2.75) is 70.8 Å². The molecule has 43 heavy (non-hydrogen) atoms. The van der Waals surface area contributed by atoms with Crippen LogP contribution < -0.4 is 0 Å². The van der Waals surface area contributed by atoms with Gasteiger partial charge >= 0.3 is 6.18 Å². The summed E-state index contributed by atoms with van der Waals surface area (Å²) >= 11 is 0. The molecule has 2 aromatic carbocycles. The van der Waals surface area contributed by atoms with Crippen molar-refractivity contribution in [3.05, 3.63) is 95.1 Å². The lowest BCUT2D eigenvalue weighted by Gasteiger charge is -2.36. The van der Waals surface area contributed by atoms with Gasteiger partial charge in [0.15, 0.2) is 0 Å². The third kappa shape index (κ3) is 9.16. The zero-order valence-electron chi connectivity index (χ0n) is 24.5. The van der Waals surface area contributed by atoms with Crippen molar-refractivity contribution in [1.29, 1.82) is 0 Å². The van der Waals surface area contributed by atoms with Crippen LogP contribution in [0.2, 0.25) is 0 Å². The molecule has 1 aromatic heterocycles. The summed E-state index contributed by atoms with van der Waals surface area (Å²) in [5.41, 5.74) is 0.790. The first kappa shape index (κ1) is 32.3. The van der Waals surface area contributed by atoms with Gasteiger partial charge in [0.1, 0.15) is 12.4 Å². The molecule has 1 saturated carbocycles. The van der Waals surface area contributed by atoms with E-state index in [4.69, 9.17) is 4.74 Å². The monoisotopic (exact) mass is 601 g/mol. The molecule has 0 aliphatic heterocycles. The minimum Gasteiger partial charge on any atom is -0.382 e. The summed E-state index contributed by atoms with van der Waals surface area (Å²) < 4.78 is 61.0. The van der Waals surface area contributed by atoms with Crippen LogP contribution >= 0.6 is 0 Å². The van der Waals surface area contributed by atoms with Crippen LogP contribution in [0, 0.1) is 5.82 Å². The van der Waals surface area contributed by atoms with E-state index < -0.39 is 17.6 Å². The Morgan fingerprint density at radius 3 is 2.44 bits per heavy atom. The van der Waals surface area contributed by atoms with Gasteiger partial charge in [0, 0.05) is 49.8 Å². The highest BCUT2D eigenvalue weighted by molar-refractivity contribution is 5.96. The van der Waals surface area contributed by atoms with E-state index in [1.165, 1.54) is 29.2 Å². The summed E-state index contributed by atoms with van der Waals surface area (Å²) in [6.45, 7) is 3.45. The van der Waals surface area contributed by atoms with Crippen molar-refractivity contribution < 1.29 is 31.9 Å². The molecule has 0 atom stereocenters. The van der Waals surface area contributed by atoms with E-state index in [1.807, 2.05) is 34.7 Å². The van der Waals surface area contributed by atoms with Crippen LogP contribution in [0.4, 0.5) is 17.6 Å². The Balaban J connectivity index is 1.56. The van der Waals surface area contributed by atoms with E-state index in [1.54, 1.807) is 12.1 Å². The van der Waals surface area contributed by atoms with Gasteiger partial charge in [0.2, 0.25) is 5.91 Å². The lowest BCUT2D eigenvalue weighted by Crippen LogP contribution is -2.48. The number of hydrogen-bond acceptors (Lipinski definition) is 3. The van der Waals surface area contributed by atoms with Crippen LogP contribution in [0.3, 0.4) is 0 Å². The summed E-state index contributed by atoms with van der Waals surface area (Å²) in [7, 11) is 0. The van der Waals surface area contributed by atoms with Gasteiger partial charge in [0.25, 0.3) is 5.91 Å². The Morgan fingerprint density at radius 2 is 1.74 bits per heavy atom. The highest BCUT2D eigenvalue weighted by Gasteiger charge is 2.32. The molecule has 1 aliphatic carbocycles. The predicted molar refractivity (Wildman–Crippen MR) is 156 cm³/mol. The van der Waals surface area contributed by atoms with E-state index in [0.29, 0.717) is 32.7 Å². The number of nitrogens with zero attached hydrogens (tertiary/aromatic N) is 3. The van der Waals surface area contributed by atoms with Gasteiger partial charge in [-0.15, -0.1) is 0 Å². The Morgan fingerprint density at radius 1 is 1.00 bits per heavy atom. The summed E-state index contributed by atoms with van der Waals surface area (Å²) in [6, 6.07) is 14.4. The van der Waals surface area contributed by atoms with Gasteiger partial charge in [-0.25, -0.2) is 4.39 Å². The molecule has 0 unspecified atom stereocenters. The number of carbonyl (C=O) groups excluding carboxylic acids is 2. The third-order valence-electron chi connectivity index (χ3n) is 7.83. The molecule has 232 valence electrons. The maximum atomic E-state index is 14.0. The van der Waals surface area contributed by atoms with Crippen LogP contribution in [-0.4, -0.2) is 58.5 Å². The Labute approximate surface area is 250 Å². The maximum absolute atomic E-state index is 14.0. The highest BCUT2D eigenvalue weighted by atomic mass is 19.4. The van der Waals surface area contributed by atoms with Crippen LogP contribution in [0.15, 0.2) is 66.9 Å². The lowest BCUT2D eigenvalue weighted by molar-refractivity contribution is -0.138. The molecule has 10 heteroatoms. The summed E-state index contributed by atoms with van der Waals surface area (Å²) in [5.74, 6) is -1.19. The molecule has 2 amide bonds. The van der Waals surface area contributed by atoms with E-state index >= 15 is 0 Å². The van der Waals surface area contributed by atoms with E-state index in [-0.39, 0.29) is 36.4 Å². The van der Waals surface area contributed by atoms with Gasteiger partial charge in [-0.05, 0) is 74.2 Å². The molecule has 1 fully saturated rings. The van der Waals surface area contributed by atoms with Crippen LogP contribution in [0.1, 0.15) is 72.6 Å². The Kier molecular flexibility index (Phi) is 11.4. The van der Waals surface area contributed by atoms with Crippen molar-refractivity contribution in [1.82, 2.24) is 14.4 Å². The second-order valence-corrected chi connectivity index (χ2v) is 10.9. The molecule has 1 aliphatic rings. The second kappa shape index (κ2) is 15.2. The van der Waals surface area contributed by atoms with Crippen LogP contribution in [0.5, 0.6) is 0 Å². The van der Waals surface area contributed by atoms with Crippen molar-refractivity contribution in [2.24, 2.45) is 0 Å². The number of halogens is 4. The Hall–Kier alpha value is -3.66. The largest absolute Gasteiger partial charge is 0.416 e. The van der Waals surface area contributed by atoms with Crippen LogP contribution in [-0.2, 0) is 28.8 Å². The summed E-state index contributed by atoms with van der Waals surface area (Å²) in [6.07, 6.45) is 2.53. The topological polar surface area (TPSA) is 54.8 Å². The fourth-order valence-corrected chi connectivity index (χ4v) is 5.54. The zero-order chi connectivity index (χ0) is 30.8. The number of ether oxygens (including phenoxy) is 1. The standard InChI is InChI=1S/C33H39F4N3O3/c1-2-43-20-8-19-39(32(42)26-9-6-10-27(21-26)33(35,36)37)24-31(41)40(29-11-4-3-5-12-29)23-30-13-7-18-38(30)22-25-14-16-28(34)17-15-25/h6-7,9-10,13-18,21,29H,2-5,8,11-12,19-20,22-24H2,1H3. The quantitative estimate of drug-likeness (QED) is 0.158. The van der Waals surface area contributed by atoms with Gasteiger partial charge in [-0.2, -0.15) is 13.2 Å². The molecule has 4 rings (SSSR count). The van der Waals surface area contributed by atoms with Gasteiger partial charge in [-0.3, -0.25) is 9.59 Å². The molecule has 0 spiro atoms. The number of amides is 2. The van der Waals surface area contributed by atoms with Crippen molar-refractivity contribution in [3.63, 3.8) is 0 Å².